The predicted octanol–water partition coefficient (Wildman–Crippen LogP) is 2.12. The molecule has 4 heterocycles. The van der Waals surface area contributed by atoms with Gasteiger partial charge in [-0.1, -0.05) is 12.1 Å². The van der Waals surface area contributed by atoms with E-state index in [0.717, 1.165) is 24.5 Å². The summed E-state index contributed by atoms with van der Waals surface area (Å²) in [7, 11) is 1.88. The average molecular weight is 434 g/mol. The summed E-state index contributed by atoms with van der Waals surface area (Å²) in [4.78, 5) is 19.7. The first-order valence-corrected chi connectivity index (χ1v) is 10.5. The van der Waals surface area contributed by atoms with E-state index in [2.05, 4.69) is 30.5 Å². The van der Waals surface area contributed by atoms with E-state index in [0.29, 0.717) is 24.3 Å². The van der Waals surface area contributed by atoms with Crippen LogP contribution in [0.15, 0.2) is 55.1 Å². The van der Waals surface area contributed by atoms with Gasteiger partial charge in [-0.3, -0.25) is 4.79 Å². The normalized spacial score (nSPS) is 15.8. The molecular formula is C22H23FN8O. The SMILES string of the molecule is Cn1ccnc1[C@@H](NC(=O)C1CCN(c2ccc3nncn3n2)CC1)c1ccc(F)cc1. The Morgan fingerprint density at radius 2 is 1.94 bits per heavy atom. The molecule has 0 unspecified atom stereocenters. The van der Waals surface area contributed by atoms with Gasteiger partial charge in [-0.05, 0) is 42.7 Å². The van der Waals surface area contributed by atoms with Crippen molar-refractivity contribution in [2.75, 3.05) is 18.0 Å². The molecule has 0 spiro atoms. The van der Waals surface area contributed by atoms with Gasteiger partial charge in [0.2, 0.25) is 5.91 Å². The van der Waals surface area contributed by atoms with Gasteiger partial charge in [0.25, 0.3) is 0 Å². The Kier molecular flexibility index (Phi) is 5.26. The molecule has 1 aromatic carbocycles. The molecule has 1 amide bonds. The van der Waals surface area contributed by atoms with Crippen molar-refractivity contribution in [1.29, 1.82) is 0 Å². The molecule has 164 valence electrons. The highest BCUT2D eigenvalue weighted by Crippen LogP contribution is 2.25. The Morgan fingerprint density at radius 3 is 2.66 bits per heavy atom. The van der Waals surface area contributed by atoms with Crippen LogP contribution in [0.2, 0.25) is 0 Å². The molecule has 10 heteroatoms. The van der Waals surface area contributed by atoms with Crippen LogP contribution in [0.4, 0.5) is 10.2 Å². The van der Waals surface area contributed by atoms with Gasteiger partial charge in [-0.2, -0.15) is 4.52 Å². The molecule has 9 nitrogen and oxygen atoms in total. The van der Waals surface area contributed by atoms with Crippen LogP contribution in [0, 0.1) is 11.7 Å². The highest BCUT2D eigenvalue weighted by Gasteiger charge is 2.29. The fourth-order valence-electron chi connectivity index (χ4n) is 4.13. The van der Waals surface area contributed by atoms with Crippen molar-refractivity contribution in [3.8, 4) is 0 Å². The molecule has 1 aliphatic heterocycles. The molecule has 0 radical (unpaired) electrons. The molecule has 5 rings (SSSR count). The average Bonchev–Trinajstić information content (AvgIpc) is 3.46. The summed E-state index contributed by atoms with van der Waals surface area (Å²) in [5, 5.41) is 15.5. The maximum atomic E-state index is 13.4. The molecule has 1 saturated heterocycles. The molecule has 0 bridgehead atoms. The van der Waals surface area contributed by atoms with Crippen LogP contribution in [-0.4, -0.2) is 48.4 Å². The maximum Gasteiger partial charge on any atom is 0.224 e. The lowest BCUT2D eigenvalue weighted by Gasteiger charge is -2.32. The number of benzene rings is 1. The first kappa shape index (κ1) is 20.1. The number of halogens is 1. The van der Waals surface area contributed by atoms with Crippen LogP contribution in [0.5, 0.6) is 0 Å². The minimum Gasteiger partial charge on any atom is -0.355 e. The van der Waals surface area contributed by atoms with E-state index < -0.39 is 6.04 Å². The van der Waals surface area contributed by atoms with Crippen LogP contribution in [-0.2, 0) is 11.8 Å². The second-order valence-electron chi connectivity index (χ2n) is 7.98. The first-order chi connectivity index (χ1) is 15.6. The van der Waals surface area contributed by atoms with Crippen LogP contribution >= 0.6 is 0 Å². The molecule has 0 saturated carbocycles. The molecule has 32 heavy (non-hydrogen) atoms. The second kappa shape index (κ2) is 8.37. The number of carbonyl (C=O) groups excluding carboxylic acids is 1. The van der Waals surface area contributed by atoms with Gasteiger partial charge in [0.05, 0.1) is 0 Å². The molecule has 0 aliphatic carbocycles. The number of piperidine rings is 1. The van der Waals surface area contributed by atoms with Gasteiger partial charge in [-0.25, -0.2) is 9.37 Å². The van der Waals surface area contributed by atoms with Gasteiger partial charge in [0, 0.05) is 38.4 Å². The van der Waals surface area contributed by atoms with Crippen molar-refractivity contribution in [3.05, 3.63) is 72.3 Å². The molecule has 4 aromatic rings. The molecule has 3 aromatic heterocycles. The monoisotopic (exact) mass is 434 g/mol. The van der Waals surface area contributed by atoms with Crippen molar-refractivity contribution in [2.24, 2.45) is 13.0 Å². The van der Waals surface area contributed by atoms with Crippen LogP contribution in [0.1, 0.15) is 30.3 Å². The number of imidazole rings is 1. The van der Waals surface area contributed by atoms with Gasteiger partial charge >= 0.3 is 0 Å². The van der Waals surface area contributed by atoms with E-state index >= 15 is 0 Å². The highest BCUT2D eigenvalue weighted by atomic mass is 19.1. The zero-order chi connectivity index (χ0) is 22.1. The third-order valence-electron chi connectivity index (χ3n) is 5.94. The molecule has 1 fully saturated rings. The van der Waals surface area contributed by atoms with Gasteiger partial charge in [0.1, 0.15) is 29.8 Å². The summed E-state index contributed by atoms with van der Waals surface area (Å²) in [6, 6.07) is 9.53. The fourth-order valence-corrected chi connectivity index (χ4v) is 4.13. The van der Waals surface area contributed by atoms with Gasteiger partial charge < -0.3 is 14.8 Å². The Morgan fingerprint density at radius 1 is 1.16 bits per heavy atom. The summed E-state index contributed by atoms with van der Waals surface area (Å²) >= 11 is 0. The molecular weight excluding hydrogens is 411 g/mol. The number of aromatic nitrogens is 6. The fraction of sp³-hybridized carbons (Fsp3) is 0.318. The number of amides is 1. The zero-order valence-electron chi connectivity index (χ0n) is 17.6. The zero-order valence-corrected chi connectivity index (χ0v) is 17.6. The van der Waals surface area contributed by atoms with E-state index in [1.165, 1.54) is 12.1 Å². The lowest BCUT2D eigenvalue weighted by molar-refractivity contribution is -0.126. The second-order valence-corrected chi connectivity index (χ2v) is 7.98. The number of hydrogen-bond donors (Lipinski definition) is 1. The summed E-state index contributed by atoms with van der Waals surface area (Å²) in [5.41, 5.74) is 1.49. The quantitative estimate of drug-likeness (QED) is 0.517. The van der Waals surface area contributed by atoms with E-state index in [-0.39, 0.29) is 17.6 Å². The first-order valence-electron chi connectivity index (χ1n) is 10.5. The predicted molar refractivity (Wildman–Crippen MR) is 115 cm³/mol. The Bertz CT molecular complexity index is 1230. The third kappa shape index (κ3) is 3.91. The number of rotatable bonds is 5. The summed E-state index contributed by atoms with van der Waals surface area (Å²) in [6.45, 7) is 1.45. The minimum absolute atomic E-state index is 0.0239. The van der Waals surface area contributed by atoms with Gasteiger partial charge in [-0.15, -0.1) is 15.3 Å². The lowest BCUT2D eigenvalue weighted by atomic mass is 9.95. The lowest BCUT2D eigenvalue weighted by Crippen LogP contribution is -2.42. The summed E-state index contributed by atoms with van der Waals surface area (Å²) in [6.07, 6.45) is 6.52. The third-order valence-corrected chi connectivity index (χ3v) is 5.94. The minimum atomic E-state index is -0.445. The topological polar surface area (TPSA) is 93.2 Å². The van der Waals surface area contributed by atoms with E-state index in [4.69, 9.17) is 0 Å². The van der Waals surface area contributed by atoms with Crippen molar-refractivity contribution in [2.45, 2.75) is 18.9 Å². The smallest absolute Gasteiger partial charge is 0.224 e. The molecule has 1 atom stereocenters. The van der Waals surface area contributed by atoms with E-state index in [1.807, 2.05) is 29.9 Å². The van der Waals surface area contributed by atoms with Crippen LogP contribution in [0.3, 0.4) is 0 Å². The Hall–Kier alpha value is -3.82. The van der Waals surface area contributed by atoms with Crippen molar-refractivity contribution < 1.29 is 9.18 Å². The number of nitrogens with one attached hydrogen (secondary N) is 1. The van der Waals surface area contributed by atoms with E-state index in [9.17, 15) is 9.18 Å². The maximum absolute atomic E-state index is 13.4. The summed E-state index contributed by atoms with van der Waals surface area (Å²) in [5.74, 6) is 1.09. The number of nitrogens with zero attached hydrogens (tertiary/aromatic N) is 7. The van der Waals surface area contributed by atoms with Crippen LogP contribution < -0.4 is 10.2 Å². The number of aryl methyl sites for hydroxylation is 1. The Labute approximate surface area is 183 Å². The van der Waals surface area contributed by atoms with Crippen molar-refractivity contribution in [1.82, 2.24) is 34.7 Å². The van der Waals surface area contributed by atoms with Crippen LogP contribution in [0.25, 0.3) is 5.65 Å². The summed E-state index contributed by atoms with van der Waals surface area (Å²) < 4.78 is 17.0. The van der Waals surface area contributed by atoms with Crippen molar-refractivity contribution >= 4 is 17.4 Å². The van der Waals surface area contributed by atoms with Crippen molar-refractivity contribution in [3.63, 3.8) is 0 Å². The molecule has 1 N–H and O–H groups in total. The number of hydrogen-bond acceptors (Lipinski definition) is 6. The van der Waals surface area contributed by atoms with Gasteiger partial charge in [0.15, 0.2) is 5.65 Å². The number of anilines is 1. The molecule has 1 aliphatic rings. The standard InChI is InChI=1S/C22H23FN8O/c1-29-13-10-24-21(29)20(15-2-4-17(23)5-3-15)26-22(32)16-8-11-30(12-9-16)19-7-6-18-27-25-14-31(18)28-19/h2-7,10,13-14,16,20H,8-9,11-12H2,1H3,(H,26,32)/t20-/m0/s1. The number of carbonyl (C=O) groups is 1. The van der Waals surface area contributed by atoms with E-state index in [1.54, 1.807) is 29.2 Å². The number of fused-ring (bicyclic) bond motifs is 1. The highest BCUT2D eigenvalue weighted by molar-refractivity contribution is 5.79. The largest absolute Gasteiger partial charge is 0.355 e. The Balaban J connectivity index is 1.28.